The average molecular weight is 248 g/mol. The van der Waals surface area contributed by atoms with Crippen LogP contribution in [0.3, 0.4) is 0 Å². The summed E-state index contributed by atoms with van der Waals surface area (Å²) in [6.07, 6.45) is 1.05. The Kier molecular flexibility index (Phi) is 3.30. The molecule has 1 aliphatic rings. The molecule has 2 N–H and O–H groups in total. The first-order chi connectivity index (χ1) is 8.38. The summed E-state index contributed by atoms with van der Waals surface area (Å²) in [6.45, 7) is 8.11. The van der Waals surface area contributed by atoms with Crippen LogP contribution in [0, 0.1) is 5.41 Å². The number of nitrogens with zero attached hydrogens (tertiary/aromatic N) is 1. The molecule has 4 heteroatoms. The molecular formula is C14H20N2O2. The summed E-state index contributed by atoms with van der Waals surface area (Å²) in [4.78, 5) is 11.1. The first-order valence-electron chi connectivity index (χ1n) is 6.25. The van der Waals surface area contributed by atoms with Gasteiger partial charge in [0.1, 0.15) is 0 Å². The van der Waals surface area contributed by atoms with Crippen LogP contribution in [0.4, 0.5) is 5.69 Å². The van der Waals surface area contributed by atoms with Gasteiger partial charge in [0.25, 0.3) is 0 Å². The van der Waals surface area contributed by atoms with Crippen molar-refractivity contribution in [3.05, 3.63) is 29.3 Å². The van der Waals surface area contributed by atoms with Gasteiger partial charge in [-0.2, -0.15) is 0 Å². The Bertz CT molecular complexity index is 463. The molecule has 4 nitrogen and oxygen atoms in total. The molecule has 0 spiro atoms. The quantitative estimate of drug-likeness (QED) is 0.863. The van der Waals surface area contributed by atoms with Gasteiger partial charge in [0.05, 0.1) is 11.3 Å². The standard InChI is InChI=1S/C14H20N2O2/c1-14(2,3)7-8-16-12-6-4-5-10(13(17)18)11(12)9-15-16/h4-6,15H,7-9H2,1-3H3,(H,17,18). The van der Waals surface area contributed by atoms with Crippen LogP contribution in [0.25, 0.3) is 0 Å². The fourth-order valence-electron chi connectivity index (χ4n) is 2.12. The highest BCUT2D eigenvalue weighted by molar-refractivity contribution is 5.91. The molecule has 2 rings (SSSR count). The number of carboxylic acids is 1. The maximum atomic E-state index is 11.1. The molecule has 18 heavy (non-hydrogen) atoms. The van der Waals surface area contributed by atoms with Crippen molar-refractivity contribution in [2.24, 2.45) is 5.41 Å². The fourth-order valence-corrected chi connectivity index (χ4v) is 2.12. The summed E-state index contributed by atoms with van der Waals surface area (Å²) >= 11 is 0. The molecule has 0 saturated heterocycles. The summed E-state index contributed by atoms with van der Waals surface area (Å²) in [7, 11) is 0. The van der Waals surface area contributed by atoms with E-state index in [9.17, 15) is 4.79 Å². The van der Waals surface area contributed by atoms with E-state index in [1.54, 1.807) is 12.1 Å². The molecule has 98 valence electrons. The van der Waals surface area contributed by atoms with Gasteiger partial charge in [0.2, 0.25) is 0 Å². The third-order valence-electron chi connectivity index (χ3n) is 3.20. The molecule has 1 aromatic rings. The molecule has 0 radical (unpaired) electrons. The largest absolute Gasteiger partial charge is 0.478 e. The predicted octanol–water partition coefficient (Wildman–Crippen LogP) is 2.65. The monoisotopic (exact) mass is 248 g/mol. The zero-order valence-corrected chi connectivity index (χ0v) is 11.2. The van der Waals surface area contributed by atoms with Crippen LogP contribution in [-0.2, 0) is 6.54 Å². The lowest BCUT2D eigenvalue weighted by Gasteiger charge is -2.25. The molecule has 0 aromatic heterocycles. The molecule has 1 heterocycles. The maximum Gasteiger partial charge on any atom is 0.336 e. The number of rotatable bonds is 3. The number of fused-ring (bicyclic) bond motifs is 1. The van der Waals surface area contributed by atoms with Crippen LogP contribution in [0.2, 0.25) is 0 Å². The Morgan fingerprint density at radius 1 is 1.44 bits per heavy atom. The molecular weight excluding hydrogens is 228 g/mol. The highest BCUT2D eigenvalue weighted by Crippen LogP contribution is 2.29. The summed E-state index contributed by atoms with van der Waals surface area (Å²) < 4.78 is 0. The van der Waals surface area contributed by atoms with Crippen molar-refractivity contribution in [3.8, 4) is 0 Å². The number of carbonyl (C=O) groups is 1. The van der Waals surface area contributed by atoms with Crippen molar-refractivity contribution >= 4 is 11.7 Å². The highest BCUT2D eigenvalue weighted by Gasteiger charge is 2.24. The maximum absolute atomic E-state index is 11.1. The van der Waals surface area contributed by atoms with E-state index >= 15 is 0 Å². The van der Waals surface area contributed by atoms with Crippen LogP contribution in [-0.4, -0.2) is 17.6 Å². The van der Waals surface area contributed by atoms with Crippen molar-refractivity contribution in [1.82, 2.24) is 5.43 Å². The van der Waals surface area contributed by atoms with E-state index in [-0.39, 0.29) is 5.41 Å². The molecule has 0 saturated carbocycles. The Hall–Kier alpha value is -1.55. The zero-order valence-electron chi connectivity index (χ0n) is 11.2. The molecule has 1 aromatic carbocycles. The van der Waals surface area contributed by atoms with Crippen molar-refractivity contribution in [2.75, 3.05) is 11.6 Å². The second-order valence-corrected chi connectivity index (χ2v) is 5.91. The number of hydrazine groups is 1. The molecule has 0 aliphatic carbocycles. The number of hydrogen-bond donors (Lipinski definition) is 2. The Morgan fingerprint density at radius 2 is 2.17 bits per heavy atom. The first kappa shape index (κ1) is 12.9. The number of benzene rings is 1. The minimum atomic E-state index is -0.855. The lowest BCUT2D eigenvalue weighted by molar-refractivity contribution is 0.0696. The van der Waals surface area contributed by atoms with Crippen molar-refractivity contribution < 1.29 is 9.90 Å². The lowest BCUT2D eigenvalue weighted by atomic mass is 9.92. The van der Waals surface area contributed by atoms with Crippen LogP contribution < -0.4 is 10.4 Å². The third kappa shape index (κ3) is 2.64. The first-order valence-corrected chi connectivity index (χ1v) is 6.25. The lowest BCUT2D eigenvalue weighted by Crippen LogP contribution is -2.34. The second kappa shape index (κ2) is 4.61. The summed E-state index contributed by atoms with van der Waals surface area (Å²) in [5, 5.41) is 11.2. The molecule has 0 fully saturated rings. The molecule has 0 unspecified atom stereocenters. The van der Waals surface area contributed by atoms with E-state index in [1.165, 1.54) is 0 Å². The van der Waals surface area contributed by atoms with Gasteiger partial charge in [0, 0.05) is 18.7 Å². The normalized spacial score (nSPS) is 14.7. The van der Waals surface area contributed by atoms with Gasteiger partial charge in [0.15, 0.2) is 0 Å². The van der Waals surface area contributed by atoms with E-state index in [1.807, 2.05) is 6.07 Å². The number of anilines is 1. The van der Waals surface area contributed by atoms with Crippen molar-refractivity contribution in [1.29, 1.82) is 0 Å². The van der Waals surface area contributed by atoms with Gasteiger partial charge in [-0.05, 0) is 24.0 Å². The topological polar surface area (TPSA) is 52.6 Å². The number of carboxylic acid groups (broad SMARTS) is 1. The van der Waals surface area contributed by atoms with E-state index in [0.717, 1.165) is 24.2 Å². The summed E-state index contributed by atoms with van der Waals surface area (Å²) in [6, 6.07) is 5.44. The third-order valence-corrected chi connectivity index (χ3v) is 3.20. The Labute approximate surface area is 108 Å². The van der Waals surface area contributed by atoms with Gasteiger partial charge in [-0.25, -0.2) is 10.2 Å². The van der Waals surface area contributed by atoms with Gasteiger partial charge in [-0.1, -0.05) is 26.8 Å². The van der Waals surface area contributed by atoms with Crippen molar-refractivity contribution in [3.63, 3.8) is 0 Å². The van der Waals surface area contributed by atoms with Crippen LogP contribution in [0.5, 0.6) is 0 Å². The minimum absolute atomic E-state index is 0.273. The smallest absolute Gasteiger partial charge is 0.336 e. The van der Waals surface area contributed by atoms with E-state index in [2.05, 4.69) is 31.2 Å². The Morgan fingerprint density at radius 3 is 2.78 bits per heavy atom. The van der Waals surface area contributed by atoms with Crippen LogP contribution in [0.15, 0.2) is 18.2 Å². The SMILES string of the molecule is CC(C)(C)CCN1NCc2c(C(=O)O)cccc21. The molecule has 0 bridgehead atoms. The predicted molar refractivity (Wildman–Crippen MR) is 71.7 cm³/mol. The van der Waals surface area contributed by atoms with E-state index in [4.69, 9.17) is 5.11 Å². The van der Waals surface area contributed by atoms with Gasteiger partial charge < -0.3 is 10.1 Å². The summed E-state index contributed by atoms with van der Waals surface area (Å²) in [5.74, 6) is -0.855. The van der Waals surface area contributed by atoms with Gasteiger partial charge in [-0.15, -0.1) is 0 Å². The van der Waals surface area contributed by atoms with Gasteiger partial charge in [-0.3, -0.25) is 0 Å². The molecule has 1 aliphatic heterocycles. The van der Waals surface area contributed by atoms with Crippen LogP contribution >= 0.6 is 0 Å². The van der Waals surface area contributed by atoms with E-state index in [0.29, 0.717) is 12.1 Å². The summed E-state index contributed by atoms with van der Waals surface area (Å²) in [5.41, 5.74) is 5.82. The second-order valence-electron chi connectivity index (χ2n) is 5.91. The average Bonchev–Trinajstić information content (AvgIpc) is 2.68. The number of nitrogens with one attached hydrogen (secondary N) is 1. The molecule has 0 amide bonds. The minimum Gasteiger partial charge on any atom is -0.478 e. The van der Waals surface area contributed by atoms with Crippen LogP contribution in [0.1, 0.15) is 43.1 Å². The highest BCUT2D eigenvalue weighted by atomic mass is 16.4. The number of hydrogen-bond acceptors (Lipinski definition) is 3. The van der Waals surface area contributed by atoms with Gasteiger partial charge >= 0.3 is 5.97 Å². The Balaban J connectivity index is 2.19. The fraction of sp³-hybridized carbons (Fsp3) is 0.500. The molecule has 0 atom stereocenters. The van der Waals surface area contributed by atoms with E-state index < -0.39 is 5.97 Å². The van der Waals surface area contributed by atoms with Crippen molar-refractivity contribution in [2.45, 2.75) is 33.7 Å². The zero-order chi connectivity index (χ0) is 13.3. The number of aromatic carboxylic acids is 1.